The van der Waals surface area contributed by atoms with E-state index in [9.17, 15) is 9.59 Å². The Hall–Kier alpha value is -3.15. The minimum absolute atomic E-state index is 0.0596. The fourth-order valence-corrected chi connectivity index (χ4v) is 5.13. The van der Waals surface area contributed by atoms with Gasteiger partial charge >= 0.3 is 6.03 Å². The highest BCUT2D eigenvalue weighted by Gasteiger charge is 2.28. The van der Waals surface area contributed by atoms with Crippen LogP contribution < -0.4 is 10.9 Å². The number of nitrogens with one attached hydrogen (secondary N) is 1. The molecule has 1 atom stereocenters. The van der Waals surface area contributed by atoms with Gasteiger partial charge in [-0.25, -0.2) is 9.78 Å². The van der Waals surface area contributed by atoms with Crippen LogP contribution in [0.15, 0.2) is 53.3 Å². The molecule has 0 spiro atoms. The van der Waals surface area contributed by atoms with Gasteiger partial charge in [0.2, 0.25) is 0 Å². The van der Waals surface area contributed by atoms with Gasteiger partial charge in [-0.3, -0.25) is 9.36 Å². The summed E-state index contributed by atoms with van der Waals surface area (Å²) in [4.78, 5) is 34.3. The Kier molecular flexibility index (Phi) is 8.21. The number of nitrogens with zero attached hydrogens (tertiary/aromatic N) is 3. The van der Waals surface area contributed by atoms with Crippen molar-refractivity contribution in [3.63, 3.8) is 0 Å². The number of hydrogen-bond donors (Lipinski definition) is 1. The molecule has 35 heavy (non-hydrogen) atoms. The third-order valence-electron chi connectivity index (χ3n) is 7.20. The van der Waals surface area contributed by atoms with Crippen LogP contribution in [0.2, 0.25) is 0 Å². The van der Waals surface area contributed by atoms with Gasteiger partial charge in [0.1, 0.15) is 5.82 Å². The molecule has 0 aliphatic heterocycles. The summed E-state index contributed by atoms with van der Waals surface area (Å²) in [5.41, 5.74) is 2.48. The van der Waals surface area contributed by atoms with Crippen LogP contribution in [-0.2, 0) is 6.42 Å². The Bertz CT molecular complexity index is 1210. The second-order valence-electron chi connectivity index (χ2n) is 9.62. The zero-order chi connectivity index (χ0) is 24.8. The van der Waals surface area contributed by atoms with Crippen LogP contribution in [-0.4, -0.2) is 33.1 Å². The lowest BCUT2D eigenvalue weighted by molar-refractivity contribution is 0.167. The minimum Gasteiger partial charge on any atom is -0.335 e. The van der Waals surface area contributed by atoms with E-state index < -0.39 is 0 Å². The van der Waals surface area contributed by atoms with Gasteiger partial charge in [0.25, 0.3) is 5.56 Å². The van der Waals surface area contributed by atoms with Gasteiger partial charge < -0.3 is 10.2 Å². The summed E-state index contributed by atoms with van der Waals surface area (Å²) in [5, 5.41) is 3.87. The molecule has 1 heterocycles. The van der Waals surface area contributed by atoms with Gasteiger partial charge in [0.05, 0.1) is 22.6 Å². The van der Waals surface area contributed by atoms with Crippen LogP contribution in [0.3, 0.4) is 0 Å². The molecule has 1 aliphatic carbocycles. The van der Waals surface area contributed by atoms with Crippen molar-refractivity contribution in [1.29, 1.82) is 0 Å². The minimum atomic E-state index is -0.368. The van der Waals surface area contributed by atoms with E-state index in [1.165, 1.54) is 6.42 Å². The van der Waals surface area contributed by atoms with Crippen LogP contribution in [0.25, 0.3) is 16.6 Å². The lowest BCUT2D eigenvalue weighted by Crippen LogP contribution is -2.47. The Morgan fingerprint density at radius 2 is 1.80 bits per heavy atom. The van der Waals surface area contributed by atoms with E-state index >= 15 is 0 Å². The summed E-state index contributed by atoms with van der Waals surface area (Å²) < 4.78 is 1.73. The van der Waals surface area contributed by atoms with E-state index in [-0.39, 0.29) is 23.7 Å². The number of fused-ring (bicyclic) bond motifs is 1. The fraction of sp³-hybridized carbons (Fsp3) is 0.483. The van der Waals surface area contributed by atoms with E-state index in [1.807, 2.05) is 54.3 Å². The number of para-hydroxylation sites is 2. The molecule has 186 valence electrons. The first-order chi connectivity index (χ1) is 17.0. The molecule has 1 N–H and O–H groups in total. The van der Waals surface area contributed by atoms with E-state index in [0.717, 1.165) is 56.2 Å². The molecular formula is C29H38N4O2. The van der Waals surface area contributed by atoms with Crippen molar-refractivity contribution in [2.45, 2.75) is 84.2 Å². The molecule has 0 bridgehead atoms. The van der Waals surface area contributed by atoms with Crippen molar-refractivity contribution < 1.29 is 4.79 Å². The second kappa shape index (κ2) is 11.5. The molecule has 3 aromatic rings. The highest BCUT2D eigenvalue weighted by molar-refractivity contribution is 5.78. The molecule has 1 aromatic heterocycles. The molecule has 2 aromatic carbocycles. The molecule has 6 nitrogen and oxygen atoms in total. The maximum absolute atomic E-state index is 13.8. The number of hydrogen-bond acceptors (Lipinski definition) is 3. The monoisotopic (exact) mass is 474 g/mol. The Morgan fingerprint density at radius 3 is 2.54 bits per heavy atom. The van der Waals surface area contributed by atoms with Crippen molar-refractivity contribution in [3.05, 3.63) is 70.3 Å². The number of carbonyl (C=O) groups excluding carboxylic acids is 1. The molecule has 6 heteroatoms. The molecule has 1 unspecified atom stereocenters. The van der Waals surface area contributed by atoms with Crippen LogP contribution >= 0.6 is 0 Å². The molecule has 1 fully saturated rings. The first-order valence-electron chi connectivity index (χ1n) is 13.2. The molecular weight excluding hydrogens is 436 g/mol. The Labute approximate surface area is 208 Å². The fourth-order valence-electron chi connectivity index (χ4n) is 5.13. The summed E-state index contributed by atoms with van der Waals surface area (Å²) in [6.07, 6.45) is 8.30. The zero-order valence-corrected chi connectivity index (χ0v) is 21.3. The third-order valence-corrected chi connectivity index (χ3v) is 7.20. The second-order valence-corrected chi connectivity index (χ2v) is 9.62. The SMILES string of the molecule is CCCCN(C(=O)NC1CCCCC1)C(C)c1nc2ccccc2c(=O)n1-c1ccccc1CC. The van der Waals surface area contributed by atoms with Crippen molar-refractivity contribution in [1.82, 2.24) is 19.8 Å². The first-order valence-corrected chi connectivity index (χ1v) is 13.2. The highest BCUT2D eigenvalue weighted by Crippen LogP contribution is 2.26. The van der Waals surface area contributed by atoms with Gasteiger partial charge in [-0.05, 0) is 56.4 Å². The number of amides is 2. The smallest absolute Gasteiger partial charge is 0.318 e. The summed E-state index contributed by atoms with van der Waals surface area (Å²) in [5.74, 6) is 0.601. The number of benzene rings is 2. The Balaban J connectivity index is 1.82. The molecule has 4 rings (SSSR count). The molecule has 0 saturated heterocycles. The van der Waals surface area contributed by atoms with Crippen LogP contribution in [0.4, 0.5) is 4.79 Å². The van der Waals surface area contributed by atoms with Crippen LogP contribution in [0.5, 0.6) is 0 Å². The number of rotatable bonds is 8. The predicted molar refractivity (Wildman–Crippen MR) is 142 cm³/mol. The van der Waals surface area contributed by atoms with Gasteiger partial charge in [-0.2, -0.15) is 0 Å². The van der Waals surface area contributed by atoms with Crippen molar-refractivity contribution in [2.24, 2.45) is 0 Å². The van der Waals surface area contributed by atoms with Crippen molar-refractivity contribution >= 4 is 16.9 Å². The van der Waals surface area contributed by atoms with Gasteiger partial charge in [-0.1, -0.05) is 69.9 Å². The summed E-state index contributed by atoms with van der Waals surface area (Å²) >= 11 is 0. The average Bonchev–Trinajstić information content (AvgIpc) is 2.89. The van der Waals surface area contributed by atoms with E-state index in [0.29, 0.717) is 23.3 Å². The molecule has 1 saturated carbocycles. The summed E-state index contributed by atoms with van der Waals surface area (Å²) in [6.45, 7) is 6.84. The number of aryl methyl sites for hydroxylation is 1. The van der Waals surface area contributed by atoms with Crippen molar-refractivity contribution in [3.8, 4) is 5.69 Å². The van der Waals surface area contributed by atoms with Crippen LogP contribution in [0.1, 0.15) is 83.1 Å². The summed E-state index contributed by atoms with van der Waals surface area (Å²) in [6, 6.07) is 15.2. The van der Waals surface area contributed by atoms with E-state index in [1.54, 1.807) is 4.57 Å². The van der Waals surface area contributed by atoms with Crippen LogP contribution in [0, 0.1) is 0 Å². The van der Waals surface area contributed by atoms with Gasteiger partial charge in [0.15, 0.2) is 0 Å². The number of unbranched alkanes of at least 4 members (excludes halogenated alkanes) is 1. The maximum atomic E-state index is 13.8. The average molecular weight is 475 g/mol. The zero-order valence-electron chi connectivity index (χ0n) is 21.3. The topological polar surface area (TPSA) is 67.2 Å². The molecule has 1 aliphatic rings. The number of urea groups is 1. The highest BCUT2D eigenvalue weighted by atomic mass is 16.2. The largest absolute Gasteiger partial charge is 0.335 e. The van der Waals surface area contributed by atoms with Gasteiger partial charge in [-0.15, -0.1) is 0 Å². The van der Waals surface area contributed by atoms with E-state index in [2.05, 4.69) is 25.2 Å². The van der Waals surface area contributed by atoms with E-state index in [4.69, 9.17) is 4.98 Å². The molecule has 0 radical (unpaired) electrons. The number of aromatic nitrogens is 2. The van der Waals surface area contributed by atoms with Crippen molar-refractivity contribution in [2.75, 3.05) is 6.54 Å². The Morgan fingerprint density at radius 1 is 1.09 bits per heavy atom. The lowest BCUT2D eigenvalue weighted by Gasteiger charge is -2.33. The van der Waals surface area contributed by atoms with Gasteiger partial charge in [0, 0.05) is 12.6 Å². The first kappa shape index (κ1) is 25.0. The third kappa shape index (κ3) is 5.42. The predicted octanol–water partition coefficient (Wildman–Crippen LogP) is 6.15. The normalized spacial score (nSPS) is 15.2. The quantitative estimate of drug-likeness (QED) is 0.425. The standard InChI is InChI=1S/C29H38N4O2/c1-4-6-20-32(29(35)30-23-15-8-7-9-16-23)21(3)27-31-25-18-12-11-17-24(25)28(34)33(27)26-19-13-10-14-22(26)5-2/h10-14,17-19,21,23H,4-9,15-16,20H2,1-3H3,(H,30,35). The summed E-state index contributed by atoms with van der Waals surface area (Å²) in [7, 11) is 0. The number of carbonyl (C=O) groups is 1. The maximum Gasteiger partial charge on any atom is 0.318 e. The molecule has 2 amide bonds. The lowest BCUT2D eigenvalue weighted by atomic mass is 9.96.